The van der Waals surface area contributed by atoms with Crippen LogP contribution in [0, 0.1) is 0 Å². The lowest BCUT2D eigenvalue weighted by Gasteiger charge is -1.96. The number of esters is 1. The van der Waals surface area contributed by atoms with Crippen LogP contribution in [0.5, 0.6) is 0 Å². The van der Waals surface area contributed by atoms with Crippen LogP contribution in [0.1, 0.15) is 20.3 Å². The van der Waals surface area contributed by atoms with Crippen molar-refractivity contribution in [1.82, 2.24) is 0 Å². The molecule has 0 aliphatic heterocycles. The zero-order chi connectivity index (χ0) is 11.3. The lowest BCUT2D eigenvalue weighted by molar-refractivity contribution is -0.145. The fourth-order valence-corrected chi connectivity index (χ4v) is 0.415. The van der Waals surface area contributed by atoms with Gasteiger partial charge in [0, 0.05) is 14.2 Å². The van der Waals surface area contributed by atoms with E-state index in [4.69, 9.17) is 10.2 Å². The largest absolute Gasteiger partial charge is 0.466 e. The molecule has 0 fully saturated rings. The van der Waals surface area contributed by atoms with Gasteiger partial charge in [-0.15, -0.1) is 0 Å². The quantitative estimate of drug-likeness (QED) is 0.478. The third kappa shape index (κ3) is 24.7. The van der Waals surface area contributed by atoms with E-state index in [9.17, 15) is 9.59 Å². The Labute approximate surface area is 78.3 Å². The highest BCUT2D eigenvalue weighted by molar-refractivity contribution is 5.94. The number of carbonyl (C=O) groups excluding carboxylic acids is 2. The van der Waals surface area contributed by atoms with Crippen molar-refractivity contribution >= 4 is 11.8 Å². The molecule has 0 aliphatic rings. The molecule has 0 aliphatic carbocycles. The minimum Gasteiger partial charge on any atom is -0.466 e. The highest BCUT2D eigenvalue weighted by atomic mass is 16.5. The molecule has 0 saturated heterocycles. The lowest BCUT2D eigenvalue weighted by atomic mass is 10.3. The number of carbonyl (C=O) groups is 2. The number of aliphatic hydroxyl groups is 2. The van der Waals surface area contributed by atoms with Gasteiger partial charge in [-0.2, -0.15) is 0 Å². The van der Waals surface area contributed by atoms with Gasteiger partial charge in [0.1, 0.15) is 12.2 Å². The molecule has 0 atom stereocenters. The molecule has 0 saturated carbocycles. The molecule has 5 nitrogen and oxygen atoms in total. The van der Waals surface area contributed by atoms with Crippen molar-refractivity contribution < 1.29 is 24.5 Å². The van der Waals surface area contributed by atoms with Crippen molar-refractivity contribution in [3.63, 3.8) is 0 Å². The van der Waals surface area contributed by atoms with Crippen molar-refractivity contribution in [1.29, 1.82) is 0 Å². The topological polar surface area (TPSA) is 83.8 Å². The van der Waals surface area contributed by atoms with E-state index in [2.05, 4.69) is 4.74 Å². The van der Waals surface area contributed by atoms with E-state index in [0.29, 0.717) is 6.61 Å². The van der Waals surface area contributed by atoms with Crippen molar-refractivity contribution in [2.24, 2.45) is 0 Å². The van der Waals surface area contributed by atoms with E-state index in [1.807, 2.05) is 0 Å². The van der Waals surface area contributed by atoms with Crippen LogP contribution in [-0.2, 0) is 14.3 Å². The van der Waals surface area contributed by atoms with Crippen LogP contribution in [0.15, 0.2) is 0 Å². The highest BCUT2D eigenvalue weighted by Gasteiger charge is 2.03. The van der Waals surface area contributed by atoms with Gasteiger partial charge in [0.05, 0.1) is 6.61 Å². The Balaban J connectivity index is -0.000000218. The first-order chi connectivity index (χ1) is 6.16. The zero-order valence-corrected chi connectivity index (χ0v) is 8.53. The highest BCUT2D eigenvalue weighted by Crippen LogP contribution is 1.86. The Morgan fingerprint density at radius 1 is 1.15 bits per heavy atom. The van der Waals surface area contributed by atoms with Crippen LogP contribution in [0.2, 0.25) is 0 Å². The van der Waals surface area contributed by atoms with Gasteiger partial charge in [0.25, 0.3) is 0 Å². The molecule has 0 bridgehead atoms. The van der Waals surface area contributed by atoms with Crippen LogP contribution in [0.25, 0.3) is 0 Å². The third-order valence-corrected chi connectivity index (χ3v) is 0.699. The maximum Gasteiger partial charge on any atom is 0.313 e. The Bertz CT molecular complexity index is 122. The van der Waals surface area contributed by atoms with Gasteiger partial charge in [-0.3, -0.25) is 9.59 Å². The molecule has 80 valence electrons. The summed E-state index contributed by atoms with van der Waals surface area (Å²) in [6, 6.07) is 0. The molecule has 0 spiro atoms. The summed E-state index contributed by atoms with van der Waals surface area (Å²) in [4.78, 5) is 20.6. The Kier molecular flexibility index (Phi) is 23.8. The molecule has 0 aromatic heterocycles. The predicted octanol–water partition coefficient (Wildman–Crippen LogP) is -0.254. The number of ketones is 1. The molecule has 0 aromatic carbocycles. The summed E-state index contributed by atoms with van der Waals surface area (Å²) in [5.41, 5.74) is 0. The monoisotopic (exact) mass is 194 g/mol. The molecule has 2 N–H and O–H groups in total. The number of Topliss-reactive ketones (excluding diaryl/α,β-unsaturated/α-hetero) is 1. The predicted molar refractivity (Wildman–Crippen MR) is 48.2 cm³/mol. The third-order valence-electron chi connectivity index (χ3n) is 0.699. The SMILES string of the molecule is CCOC(=O)CC(C)=O.CO.CO. The fourth-order valence-electron chi connectivity index (χ4n) is 0.415. The standard InChI is InChI=1S/C6H10O3.2CH4O/c1-3-9-6(8)4-5(2)7;2*1-2/h3-4H2,1-2H3;2*2H,1H3. The van der Waals surface area contributed by atoms with Crippen LogP contribution in [0.4, 0.5) is 0 Å². The number of hydrogen-bond acceptors (Lipinski definition) is 5. The maximum atomic E-state index is 10.4. The van der Waals surface area contributed by atoms with Crippen LogP contribution in [-0.4, -0.2) is 42.8 Å². The lowest BCUT2D eigenvalue weighted by Crippen LogP contribution is -2.07. The van der Waals surface area contributed by atoms with E-state index >= 15 is 0 Å². The van der Waals surface area contributed by atoms with Crippen molar-refractivity contribution in [3.05, 3.63) is 0 Å². The zero-order valence-electron chi connectivity index (χ0n) is 8.53. The van der Waals surface area contributed by atoms with E-state index in [1.54, 1.807) is 6.92 Å². The summed E-state index contributed by atoms with van der Waals surface area (Å²) in [6.45, 7) is 3.40. The summed E-state index contributed by atoms with van der Waals surface area (Å²) < 4.78 is 4.49. The number of hydrogen-bond donors (Lipinski definition) is 2. The van der Waals surface area contributed by atoms with Crippen LogP contribution in [0.3, 0.4) is 0 Å². The van der Waals surface area contributed by atoms with Gasteiger partial charge in [0.15, 0.2) is 0 Å². The molecule has 0 unspecified atom stereocenters. The number of ether oxygens (including phenoxy) is 1. The minimum absolute atomic E-state index is 0.103. The summed E-state index contributed by atoms with van der Waals surface area (Å²) in [7, 11) is 2.00. The molecular weight excluding hydrogens is 176 g/mol. The van der Waals surface area contributed by atoms with Gasteiger partial charge in [-0.25, -0.2) is 0 Å². The second kappa shape index (κ2) is 17.2. The van der Waals surface area contributed by atoms with Gasteiger partial charge in [0.2, 0.25) is 0 Å². The summed E-state index contributed by atoms with van der Waals surface area (Å²) in [5, 5.41) is 14.0. The fraction of sp³-hybridized carbons (Fsp3) is 0.750. The second-order valence-corrected chi connectivity index (χ2v) is 1.68. The molecular formula is C8H18O5. The first-order valence-electron chi connectivity index (χ1n) is 3.71. The van der Waals surface area contributed by atoms with Gasteiger partial charge in [-0.05, 0) is 13.8 Å². The van der Waals surface area contributed by atoms with Crippen molar-refractivity contribution in [2.45, 2.75) is 20.3 Å². The van der Waals surface area contributed by atoms with E-state index in [-0.39, 0.29) is 12.2 Å². The normalized spacial score (nSPS) is 6.92. The molecule has 0 radical (unpaired) electrons. The van der Waals surface area contributed by atoms with Crippen LogP contribution < -0.4 is 0 Å². The Morgan fingerprint density at radius 3 is 1.77 bits per heavy atom. The van der Waals surface area contributed by atoms with Gasteiger partial charge in [-0.1, -0.05) is 0 Å². The number of rotatable bonds is 3. The molecule has 0 aromatic rings. The summed E-state index contributed by atoms with van der Waals surface area (Å²) >= 11 is 0. The first-order valence-corrected chi connectivity index (χ1v) is 3.71. The number of aliphatic hydroxyl groups excluding tert-OH is 2. The molecule has 13 heavy (non-hydrogen) atoms. The molecule has 0 amide bonds. The first kappa shape index (κ1) is 18.0. The van der Waals surface area contributed by atoms with Crippen molar-refractivity contribution in [2.75, 3.05) is 20.8 Å². The minimum atomic E-state index is -0.440. The molecule has 0 rings (SSSR count). The Hall–Kier alpha value is -0.940. The van der Waals surface area contributed by atoms with E-state index < -0.39 is 5.97 Å². The van der Waals surface area contributed by atoms with Gasteiger partial charge >= 0.3 is 5.97 Å². The van der Waals surface area contributed by atoms with Crippen molar-refractivity contribution in [3.8, 4) is 0 Å². The van der Waals surface area contributed by atoms with E-state index in [1.165, 1.54) is 6.92 Å². The smallest absolute Gasteiger partial charge is 0.313 e. The second-order valence-electron chi connectivity index (χ2n) is 1.68. The van der Waals surface area contributed by atoms with Crippen LogP contribution >= 0.6 is 0 Å². The summed E-state index contributed by atoms with van der Waals surface area (Å²) in [5.74, 6) is -0.599. The Morgan fingerprint density at radius 2 is 1.54 bits per heavy atom. The average molecular weight is 194 g/mol. The van der Waals surface area contributed by atoms with Gasteiger partial charge < -0.3 is 14.9 Å². The summed E-state index contributed by atoms with van der Waals surface area (Å²) in [6.07, 6.45) is -0.103. The molecule has 5 heteroatoms. The van der Waals surface area contributed by atoms with E-state index in [0.717, 1.165) is 14.2 Å². The maximum absolute atomic E-state index is 10.4. The average Bonchev–Trinajstić information content (AvgIpc) is 2.10. The molecule has 0 heterocycles.